The molecule has 0 atom stereocenters. The zero-order valence-electron chi connectivity index (χ0n) is 16.7. The molecule has 152 valence electrons. The number of hydrogen-bond donors (Lipinski definition) is 0. The number of carbonyl (C=O) groups excluding carboxylic acids is 1. The molecular weight excluding hydrogens is 380 g/mol. The highest BCUT2D eigenvalue weighted by atomic mass is 16.3. The van der Waals surface area contributed by atoms with Crippen molar-refractivity contribution in [2.75, 3.05) is 31.1 Å². The highest BCUT2D eigenvalue weighted by Crippen LogP contribution is 2.27. The molecule has 30 heavy (non-hydrogen) atoms. The first-order chi connectivity index (χ1) is 14.7. The summed E-state index contributed by atoms with van der Waals surface area (Å²) in [5.41, 5.74) is 3.29. The Hall–Kier alpha value is -3.68. The van der Waals surface area contributed by atoms with Crippen molar-refractivity contribution in [2.45, 2.75) is 13.3 Å². The third kappa shape index (κ3) is 3.30. The standard InChI is InChI=1S/C22H22N6O2/c1-16-18(14-17-6-3-2-4-7-17)20(28-22(25-16)23-15-24-28)26-9-11-27(12-10-26)21(29)19-8-5-13-30-19/h2-8,13,15H,9-12,14H2,1H3. The third-order valence-electron chi connectivity index (χ3n) is 5.53. The Labute approximate surface area is 173 Å². The van der Waals surface area contributed by atoms with Gasteiger partial charge in [0.05, 0.1) is 6.26 Å². The van der Waals surface area contributed by atoms with Crippen LogP contribution in [0, 0.1) is 6.92 Å². The fraction of sp³-hybridized carbons (Fsp3) is 0.273. The molecule has 1 fully saturated rings. The number of hydrogen-bond acceptors (Lipinski definition) is 6. The highest BCUT2D eigenvalue weighted by Gasteiger charge is 2.27. The third-order valence-corrected chi connectivity index (χ3v) is 5.53. The van der Waals surface area contributed by atoms with Crippen molar-refractivity contribution in [2.24, 2.45) is 0 Å². The summed E-state index contributed by atoms with van der Waals surface area (Å²) in [6.07, 6.45) is 3.82. The number of nitrogens with zero attached hydrogens (tertiary/aromatic N) is 6. The van der Waals surface area contributed by atoms with Crippen LogP contribution in [0.15, 0.2) is 59.5 Å². The number of piperazine rings is 1. The molecule has 0 radical (unpaired) electrons. The summed E-state index contributed by atoms with van der Waals surface area (Å²) in [7, 11) is 0. The first-order valence-corrected chi connectivity index (χ1v) is 10.0. The maximum atomic E-state index is 12.6. The van der Waals surface area contributed by atoms with Crippen LogP contribution >= 0.6 is 0 Å². The second-order valence-corrected chi connectivity index (χ2v) is 7.39. The summed E-state index contributed by atoms with van der Waals surface area (Å²) in [5.74, 6) is 1.91. The number of aryl methyl sites for hydroxylation is 1. The van der Waals surface area contributed by atoms with E-state index >= 15 is 0 Å². The van der Waals surface area contributed by atoms with Gasteiger partial charge in [0.1, 0.15) is 12.1 Å². The minimum absolute atomic E-state index is 0.0685. The topological polar surface area (TPSA) is 79.8 Å². The summed E-state index contributed by atoms with van der Waals surface area (Å²) < 4.78 is 7.09. The predicted octanol–water partition coefficient (Wildman–Crippen LogP) is 2.58. The van der Waals surface area contributed by atoms with Gasteiger partial charge in [-0.1, -0.05) is 30.3 Å². The minimum Gasteiger partial charge on any atom is -0.459 e. The molecule has 0 aliphatic carbocycles. The largest absolute Gasteiger partial charge is 0.459 e. The maximum Gasteiger partial charge on any atom is 0.289 e. The van der Waals surface area contributed by atoms with Gasteiger partial charge in [0.15, 0.2) is 5.76 Å². The minimum atomic E-state index is -0.0685. The fourth-order valence-electron chi connectivity index (χ4n) is 3.98. The van der Waals surface area contributed by atoms with Gasteiger partial charge in [-0.2, -0.15) is 14.6 Å². The number of fused-ring (bicyclic) bond motifs is 1. The number of furan rings is 1. The summed E-state index contributed by atoms with van der Waals surface area (Å²) in [5, 5.41) is 4.44. The zero-order chi connectivity index (χ0) is 20.5. The monoisotopic (exact) mass is 402 g/mol. The first kappa shape index (κ1) is 18.4. The number of anilines is 1. The molecular formula is C22H22N6O2. The molecule has 1 saturated heterocycles. The van der Waals surface area contributed by atoms with Crippen molar-refractivity contribution in [3.63, 3.8) is 0 Å². The smallest absolute Gasteiger partial charge is 0.289 e. The molecule has 4 aromatic rings. The van der Waals surface area contributed by atoms with E-state index in [1.54, 1.807) is 12.1 Å². The molecule has 0 spiro atoms. The van der Waals surface area contributed by atoms with Crippen LogP contribution in [-0.4, -0.2) is 56.6 Å². The molecule has 3 aromatic heterocycles. The van der Waals surface area contributed by atoms with Crippen molar-refractivity contribution >= 4 is 17.5 Å². The summed E-state index contributed by atoms with van der Waals surface area (Å²) in [6, 6.07) is 13.8. The maximum absolute atomic E-state index is 12.6. The van der Waals surface area contributed by atoms with Crippen LogP contribution in [0.2, 0.25) is 0 Å². The quantitative estimate of drug-likeness (QED) is 0.522. The molecule has 0 bridgehead atoms. The van der Waals surface area contributed by atoms with Gasteiger partial charge >= 0.3 is 0 Å². The van der Waals surface area contributed by atoms with E-state index in [-0.39, 0.29) is 5.91 Å². The van der Waals surface area contributed by atoms with Crippen molar-refractivity contribution in [3.05, 3.63) is 77.6 Å². The summed E-state index contributed by atoms with van der Waals surface area (Å²) in [6.45, 7) is 4.65. The van der Waals surface area contributed by atoms with Crippen LogP contribution in [0.5, 0.6) is 0 Å². The predicted molar refractivity (Wildman–Crippen MR) is 112 cm³/mol. The van der Waals surface area contributed by atoms with Gasteiger partial charge in [0, 0.05) is 43.9 Å². The normalized spacial score (nSPS) is 14.4. The van der Waals surface area contributed by atoms with Gasteiger partial charge in [0.2, 0.25) is 0 Å². The molecule has 0 N–H and O–H groups in total. The van der Waals surface area contributed by atoms with Gasteiger partial charge in [0.25, 0.3) is 11.7 Å². The van der Waals surface area contributed by atoms with Gasteiger partial charge in [-0.05, 0) is 24.6 Å². The molecule has 1 aromatic carbocycles. The van der Waals surface area contributed by atoms with E-state index in [9.17, 15) is 4.79 Å². The zero-order valence-corrected chi connectivity index (χ0v) is 16.7. The Morgan fingerprint density at radius 1 is 1.07 bits per heavy atom. The molecule has 0 unspecified atom stereocenters. The second kappa shape index (κ2) is 7.62. The van der Waals surface area contributed by atoms with Gasteiger partial charge in [-0.3, -0.25) is 4.79 Å². The van der Waals surface area contributed by atoms with E-state index in [1.807, 2.05) is 34.5 Å². The first-order valence-electron chi connectivity index (χ1n) is 10.0. The lowest BCUT2D eigenvalue weighted by molar-refractivity contribution is 0.0714. The SMILES string of the molecule is Cc1nc2ncnn2c(N2CCN(C(=O)c3ccco3)CC2)c1Cc1ccccc1. The van der Waals surface area contributed by atoms with E-state index < -0.39 is 0 Å². The summed E-state index contributed by atoms with van der Waals surface area (Å²) >= 11 is 0. The van der Waals surface area contributed by atoms with Crippen LogP contribution in [0.25, 0.3) is 5.78 Å². The number of aromatic nitrogens is 4. The van der Waals surface area contributed by atoms with Crippen LogP contribution in [-0.2, 0) is 6.42 Å². The van der Waals surface area contributed by atoms with Crippen molar-refractivity contribution in [1.82, 2.24) is 24.5 Å². The molecule has 1 aliphatic heterocycles. The number of amides is 1. The van der Waals surface area contributed by atoms with Crippen LogP contribution in [0.3, 0.4) is 0 Å². The average molecular weight is 402 g/mol. The average Bonchev–Trinajstić information content (AvgIpc) is 3.47. The van der Waals surface area contributed by atoms with Crippen LogP contribution < -0.4 is 4.90 Å². The Bertz CT molecular complexity index is 1160. The van der Waals surface area contributed by atoms with Crippen molar-refractivity contribution in [1.29, 1.82) is 0 Å². The summed E-state index contributed by atoms with van der Waals surface area (Å²) in [4.78, 5) is 25.7. The lowest BCUT2D eigenvalue weighted by Gasteiger charge is -2.36. The lowest BCUT2D eigenvalue weighted by Crippen LogP contribution is -2.49. The number of benzene rings is 1. The Morgan fingerprint density at radius 2 is 1.87 bits per heavy atom. The molecule has 1 amide bonds. The van der Waals surface area contributed by atoms with Gasteiger partial charge in [-0.25, -0.2) is 4.98 Å². The van der Waals surface area contributed by atoms with E-state index in [0.717, 1.165) is 23.5 Å². The van der Waals surface area contributed by atoms with E-state index in [0.29, 0.717) is 37.7 Å². The Kier molecular flexibility index (Phi) is 4.66. The number of carbonyl (C=O) groups is 1. The van der Waals surface area contributed by atoms with Crippen molar-refractivity contribution < 1.29 is 9.21 Å². The lowest BCUT2D eigenvalue weighted by atomic mass is 10.0. The van der Waals surface area contributed by atoms with Gasteiger partial charge < -0.3 is 14.2 Å². The van der Waals surface area contributed by atoms with Crippen LogP contribution in [0.1, 0.15) is 27.4 Å². The molecule has 0 saturated carbocycles. The van der Waals surface area contributed by atoms with E-state index in [2.05, 4.69) is 32.1 Å². The van der Waals surface area contributed by atoms with Gasteiger partial charge in [-0.15, -0.1) is 0 Å². The molecule has 8 heteroatoms. The second-order valence-electron chi connectivity index (χ2n) is 7.39. The van der Waals surface area contributed by atoms with E-state index in [1.165, 1.54) is 18.2 Å². The fourth-order valence-corrected chi connectivity index (χ4v) is 3.98. The van der Waals surface area contributed by atoms with Crippen LogP contribution in [0.4, 0.5) is 5.82 Å². The Morgan fingerprint density at radius 3 is 2.60 bits per heavy atom. The molecule has 5 rings (SSSR count). The molecule has 1 aliphatic rings. The van der Waals surface area contributed by atoms with Crippen molar-refractivity contribution in [3.8, 4) is 0 Å². The Balaban J connectivity index is 1.46. The highest BCUT2D eigenvalue weighted by molar-refractivity contribution is 5.91. The number of rotatable bonds is 4. The molecule has 8 nitrogen and oxygen atoms in total. The van der Waals surface area contributed by atoms with E-state index in [4.69, 9.17) is 4.42 Å². The molecule has 4 heterocycles.